The first kappa shape index (κ1) is 14.6. The molecule has 0 fully saturated rings. The Morgan fingerprint density at radius 3 is 2.27 bits per heavy atom. The Morgan fingerprint density at radius 1 is 0.933 bits per heavy atom. The van der Waals surface area contributed by atoms with Crippen molar-refractivity contribution in [2.24, 2.45) is 0 Å². The number of Topliss-reactive ketones (excluding diaryl/α,β-unsaturated/α-hetero) is 1. The van der Waals surface area contributed by atoms with Crippen LogP contribution in [0.2, 0.25) is 0 Å². The number of unbranched alkanes of at least 4 members (excludes halogenated alkanes) is 4. The highest BCUT2D eigenvalue weighted by Crippen LogP contribution is 2.05. The number of methoxy groups -OCH3 is 1. The maximum Gasteiger partial charge on any atom is 0.129 e. The summed E-state index contributed by atoms with van der Waals surface area (Å²) in [6.07, 6.45) is 6.47. The number of hydrogen-bond acceptors (Lipinski definition) is 3. The van der Waals surface area contributed by atoms with Gasteiger partial charge in [-0.3, -0.25) is 0 Å². The zero-order valence-corrected chi connectivity index (χ0v) is 10.1. The molecule has 0 N–H and O–H groups in total. The van der Waals surface area contributed by atoms with Gasteiger partial charge in [-0.05, 0) is 19.8 Å². The van der Waals surface area contributed by atoms with E-state index in [-0.39, 0.29) is 0 Å². The molecule has 0 aromatic heterocycles. The monoisotopic (exact) mass is 216 g/mol. The molecular formula is C12H24O3. The number of ether oxygens (including phenoxy) is 2. The third-order valence-electron chi connectivity index (χ3n) is 2.25. The summed E-state index contributed by atoms with van der Waals surface area (Å²) in [5.74, 6) is 0.304. The summed E-state index contributed by atoms with van der Waals surface area (Å²) in [7, 11) is 1.68. The van der Waals surface area contributed by atoms with E-state index in [2.05, 4.69) is 0 Å². The van der Waals surface area contributed by atoms with E-state index >= 15 is 0 Å². The first-order chi connectivity index (χ1) is 7.27. The van der Waals surface area contributed by atoms with E-state index in [1.54, 1.807) is 14.0 Å². The van der Waals surface area contributed by atoms with Crippen molar-refractivity contribution >= 4 is 5.78 Å². The molecule has 3 nitrogen and oxygen atoms in total. The summed E-state index contributed by atoms with van der Waals surface area (Å²) in [6.45, 7) is 3.86. The lowest BCUT2D eigenvalue weighted by Crippen LogP contribution is -2.02. The molecule has 0 spiro atoms. The quantitative estimate of drug-likeness (QED) is 0.498. The van der Waals surface area contributed by atoms with Crippen LogP contribution in [0.3, 0.4) is 0 Å². The number of ketones is 1. The predicted molar refractivity (Wildman–Crippen MR) is 61.1 cm³/mol. The molecule has 0 bridgehead atoms. The zero-order valence-electron chi connectivity index (χ0n) is 10.1. The molecule has 0 aliphatic rings. The van der Waals surface area contributed by atoms with Gasteiger partial charge in [0.1, 0.15) is 5.78 Å². The molecule has 90 valence electrons. The van der Waals surface area contributed by atoms with Crippen LogP contribution in [0.25, 0.3) is 0 Å². The van der Waals surface area contributed by atoms with E-state index in [1.165, 1.54) is 12.8 Å². The lowest BCUT2D eigenvalue weighted by Gasteiger charge is -2.03. The van der Waals surface area contributed by atoms with Gasteiger partial charge in [0.25, 0.3) is 0 Å². The SMILES string of the molecule is COCCOCCCCCCCC(C)=O. The summed E-state index contributed by atoms with van der Waals surface area (Å²) in [5.41, 5.74) is 0. The molecule has 0 amide bonds. The first-order valence-corrected chi connectivity index (χ1v) is 5.83. The van der Waals surface area contributed by atoms with Gasteiger partial charge < -0.3 is 14.3 Å². The lowest BCUT2D eigenvalue weighted by atomic mass is 10.1. The maximum absolute atomic E-state index is 10.6. The minimum atomic E-state index is 0.304. The highest BCUT2D eigenvalue weighted by Gasteiger charge is 1.94. The summed E-state index contributed by atoms with van der Waals surface area (Å²) in [5, 5.41) is 0. The maximum atomic E-state index is 10.6. The molecule has 0 aromatic rings. The van der Waals surface area contributed by atoms with Crippen molar-refractivity contribution in [3.8, 4) is 0 Å². The van der Waals surface area contributed by atoms with Crippen LogP contribution in [-0.4, -0.2) is 32.7 Å². The second kappa shape index (κ2) is 11.7. The molecule has 0 aliphatic heterocycles. The minimum Gasteiger partial charge on any atom is -0.382 e. The van der Waals surface area contributed by atoms with Crippen LogP contribution in [0.4, 0.5) is 0 Å². The second-order valence-corrected chi connectivity index (χ2v) is 3.82. The molecule has 0 unspecified atom stereocenters. The Kier molecular flexibility index (Phi) is 11.3. The number of rotatable bonds is 11. The summed E-state index contributed by atoms with van der Waals surface area (Å²) >= 11 is 0. The molecule has 0 heterocycles. The Balaban J connectivity index is 2.89. The lowest BCUT2D eigenvalue weighted by molar-refractivity contribution is -0.117. The molecule has 0 saturated carbocycles. The molecule has 0 saturated heterocycles. The van der Waals surface area contributed by atoms with Gasteiger partial charge in [-0.25, -0.2) is 0 Å². The van der Waals surface area contributed by atoms with Crippen LogP contribution in [-0.2, 0) is 14.3 Å². The second-order valence-electron chi connectivity index (χ2n) is 3.82. The topological polar surface area (TPSA) is 35.5 Å². The fourth-order valence-electron chi connectivity index (χ4n) is 1.35. The van der Waals surface area contributed by atoms with Crippen LogP contribution >= 0.6 is 0 Å². The predicted octanol–water partition coefficient (Wildman–Crippen LogP) is 2.58. The normalized spacial score (nSPS) is 10.5. The average Bonchev–Trinajstić information content (AvgIpc) is 2.20. The van der Waals surface area contributed by atoms with Crippen molar-refractivity contribution in [3.05, 3.63) is 0 Å². The fourth-order valence-corrected chi connectivity index (χ4v) is 1.35. The molecule has 0 aliphatic carbocycles. The highest BCUT2D eigenvalue weighted by atomic mass is 16.5. The van der Waals surface area contributed by atoms with E-state index < -0.39 is 0 Å². The van der Waals surface area contributed by atoms with Gasteiger partial charge in [-0.15, -0.1) is 0 Å². The van der Waals surface area contributed by atoms with E-state index in [9.17, 15) is 4.79 Å². The van der Waals surface area contributed by atoms with Crippen molar-refractivity contribution < 1.29 is 14.3 Å². The Bertz CT molecular complexity index is 146. The van der Waals surface area contributed by atoms with Crippen LogP contribution in [0.1, 0.15) is 45.4 Å². The minimum absolute atomic E-state index is 0.304. The standard InChI is InChI=1S/C12H24O3/c1-12(13)8-6-4-3-5-7-9-15-11-10-14-2/h3-11H2,1-2H3. The van der Waals surface area contributed by atoms with Gasteiger partial charge in [0.15, 0.2) is 0 Å². The van der Waals surface area contributed by atoms with Crippen molar-refractivity contribution in [2.45, 2.75) is 45.4 Å². The molecule has 0 aromatic carbocycles. The van der Waals surface area contributed by atoms with E-state index in [0.29, 0.717) is 19.0 Å². The van der Waals surface area contributed by atoms with Gasteiger partial charge in [-0.1, -0.05) is 19.3 Å². The number of hydrogen-bond donors (Lipinski definition) is 0. The Morgan fingerprint density at radius 2 is 1.60 bits per heavy atom. The van der Waals surface area contributed by atoms with E-state index in [4.69, 9.17) is 9.47 Å². The number of carbonyl (C=O) groups excluding carboxylic acids is 1. The summed E-state index contributed by atoms with van der Waals surface area (Å²) in [6, 6.07) is 0. The van der Waals surface area contributed by atoms with Crippen molar-refractivity contribution in [1.29, 1.82) is 0 Å². The van der Waals surface area contributed by atoms with E-state index in [0.717, 1.165) is 32.3 Å². The van der Waals surface area contributed by atoms with Crippen molar-refractivity contribution in [2.75, 3.05) is 26.9 Å². The van der Waals surface area contributed by atoms with Gasteiger partial charge in [0.05, 0.1) is 13.2 Å². The average molecular weight is 216 g/mol. The highest BCUT2D eigenvalue weighted by molar-refractivity contribution is 5.75. The third kappa shape index (κ3) is 13.6. The molecule has 0 rings (SSSR count). The van der Waals surface area contributed by atoms with Gasteiger partial charge >= 0.3 is 0 Å². The molecule has 0 atom stereocenters. The molecule has 3 heteroatoms. The third-order valence-corrected chi connectivity index (χ3v) is 2.25. The molecular weight excluding hydrogens is 192 g/mol. The Hall–Kier alpha value is -0.410. The van der Waals surface area contributed by atoms with E-state index in [1.807, 2.05) is 0 Å². The summed E-state index contributed by atoms with van der Waals surface area (Å²) < 4.78 is 10.2. The van der Waals surface area contributed by atoms with Crippen LogP contribution in [0.5, 0.6) is 0 Å². The van der Waals surface area contributed by atoms with Crippen LogP contribution in [0, 0.1) is 0 Å². The smallest absolute Gasteiger partial charge is 0.129 e. The van der Waals surface area contributed by atoms with Gasteiger partial charge in [0.2, 0.25) is 0 Å². The van der Waals surface area contributed by atoms with Crippen LogP contribution in [0.15, 0.2) is 0 Å². The first-order valence-electron chi connectivity index (χ1n) is 5.83. The van der Waals surface area contributed by atoms with Gasteiger partial charge in [0, 0.05) is 20.1 Å². The molecule has 15 heavy (non-hydrogen) atoms. The fraction of sp³-hybridized carbons (Fsp3) is 0.917. The largest absolute Gasteiger partial charge is 0.382 e. The summed E-state index contributed by atoms with van der Waals surface area (Å²) in [4.78, 5) is 10.6. The zero-order chi connectivity index (χ0) is 11.4. The Labute approximate surface area is 93.1 Å². The van der Waals surface area contributed by atoms with Crippen molar-refractivity contribution in [3.63, 3.8) is 0 Å². The van der Waals surface area contributed by atoms with Crippen LogP contribution < -0.4 is 0 Å². The van der Waals surface area contributed by atoms with Gasteiger partial charge in [-0.2, -0.15) is 0 Å². The van der Waals surface area contributed by atoms with Crippen molar-refractivity contribution in [1.82, 2.24) is 0 Å². The number of carbonyl (C=O) groups is 1. The molecule has 0 radical (unpaired) electrons.